The summed E-state index contributed by atoms with van der Waals surface area (Å²) in [6, 6.07) is 10.5. The molecule has 0 aliphatic rings. The van der Waals surface area contributed by atoms with Crippen LogP contribution in [0.2, 0.25) is 0 Å². The van der Waals surface area contributed by atoms with Gasteiger partial charge in [0.2, 0.25) is 0 Å². The molecule has 0 fully saturated rings. The van der Waals surface area contributed by atoms with Gasteiger partial charge in [-0.05, 0) is 30.7 Å². The Kier molecular flexibility index (Phi) is 3.99. The fourth-order valence-corrected chi connectivity index (χ4v) is 2.05. The number of hydrogen-bond donors (Lipinski definition) is 1. The Labute approximate surface area is 108 Å². The molecule has 2 rings (SSSR count). The fraction of sp³-hybridized carbons (Fsp3) is 0.357. The van der Waals surface area contributed by atoms with E-state index in [1.54, 1.807) is 7.11 Å². The molecule has 0 spiro atoms. The lowest BCUT2D eigenvalue weighted by atomic mass is 10.1. The SMILES string of the molecule is COCc1cccc(NC(C)c2ccnn2C)c1. The fourth-order valence-electron chi connectivity index (χ4n) is 2.05. The number of nitrogens with zero attached hydrogens (tertiary/aromatic N) is 2. The highest BCUT2D eigenvalue weighted by Gasteiger charge is 2.09. The van der Waals surface area contributed by atoms with E-state index in [0.29, 0.717) is 6.61 Å². The van der Waals surface area contributed by atoms with Gasteiger partial charge in [0.15, 0.2) is 0 Å². The van der Waals surface area contributed by atoms with Crippen molar-refractivity contribution in [3.05, 3.63) is 47.8 Å². The summed E-state index contributed by atoms with van der Waals surface area (Å²) in [7, 11) is 3.66. The molecule has 0 saturated carbocycles. The lowest BCUT2D eigenvalue weighted by molar-refractivity contribution is 0.185. The first-order valence-corrected chi connectivity index (χ1v) is 6.03. The molecule has 0 amide bonds. The van der Waals surface area contributed by atoms with Crippen LogP contribution in [0.3, 0.4) is 0 Å². The average molecular weight is 245 g/mol. The molecule has 96 valence electrons. The van der Waals surface area contributed by atoms with Gasteiger partial charge in [-0.1, -0.05) is 12.1 Å². The van der Waals surface area contributed by atoms with Crippen LogP contribution in [0, 0.1) is 0 Å². The van der Waals surface area contributed by atoms with Gasteiger partial charge in [-0.25, -0.2) is 0 Å². The molecular formula is C14H19N3O. The van der Waals surface area contributed by atoms with Crippen molar-refractivity contribution in [2.75, 3.05) is 12.4 Å². The van der Waals surface area contributed by atoms with E-state index in [1.807, 2.05) is 30.1 Å². The monoisotopic (exact) mass is 245 g/mol. The Morgan fingerprint density at radius 3 is 2.89 bits per heavy atom. The third-order valence-corrected chi connectivity index (χ3v) is 2.92. The van der Waals surface area contributed by atoms with Crippen LogP contribution in [0.4, 0.5) is 5.69 Å². The third kappa shape index (κ3) is 2.90. The maximum absolute atomic E-state index is 5.14. The highest BCUT2D eigenvalue weighted by Crippen LogP contribution is 2.19. The summed E-state index contributed by atoms with van der Waals surface area (Å²) in [5.74, 6) is 0. The van der Waals surface area contributed by atoms with Gasteiger partial charge >= 0.3 is 0 Å². The van der Waals surface area contributed by atoms with E-state index in [9.17, 15) is 0 Å². The van der Waals surface area contributed by atoms with Crippen LogP contribution in [0.1, 0.15) is 24.2 Å². The predicted molar refractivity (Wildman–Crippen MR) is 72.4 cm³/mol. The molecule has 1 heterocycles. The molecule has 1 atom stereocenters. The lowest BCUT2D eigenvalue weighted by Gasteiger charge is -2.16. The van der Waals surface area contributed by atoms with Crippen LogP contribution < -0.4 is 5.32 Å². The minimum Gasteiger partial charge on any atom is -0.380 e. The lowest BCUT2D eigenvalue weighted by Crippen LogP contribution is -2.11. The molecule has 0 saturated heterocycles. The molecular weight excluding hydrogens is 226 g/mol. The van der Waals surface area contributed by atoms with E-state index >= 15 is 0 Å². The maximum Gasteiger partial charge on any atom is 0.0713 e. The second-order valence-electron chi connectivity index (χ2n) is 4.38. The maximum atomic E-state index is 5.14. The van der Waals surface area contributed by atoms with E-state index in [4.69, 9.17) is 4.74 Å². The number of benzene rings is 1. The van der Waals surface area contributed by atoms with Crippen molar-refractivity contribution < 1.29 is 4.74 Å². The number of nitrogens with one attached hydrogen (secondary N) is 1. The minimum absolute atomic E-state index is 0.218. The molecule has 0 radical (unpaired) electrons. The summed E-state index contributed by atoms with van der Waals surface area (Å²) in [6.45, 7) is 2.76. The van der Waals surface area contributed by atoms with Gasteiger partial charge in [-0.2, -0.15) is 5.10 Å². The molecule has 1 N–H and O–H groups in total. The number of anilines is 1. The number of aryl methyl sites for hydroxylation is 1. The molecule has 0 aliphatic carbocycles. The number of hydrogen-bond acceptors (Lipinski definition) is 3. The number of ether oxygens (including phenoxy) is 1. The van der Waals surface area contributed by atoms with Crippen LogP contribution in [-0.4, -0.2) is 16.9 Å². The Balaban J connectivity index is 2.09. The highest BCUT2D eigenvalue weighted by molar-refractivity contribution is 5.47. The number of aromatic nitrogens is 2. The van der Waals surface area contributed by atoms with Gasteiger partial charge in [0.1, 0.15) is 0 Å². The van der Waals surface area contributed by atoms with Gasteiger partial charge < -0.3 is 10.1 Å². The van der Waals surface area contributed by atoms with Crippen molar-refractivity contribution in [2.45, 2.75) is 19.6 Å². The van der Waals surface area contributed by atoms with Crippen molar-refractivity contribution >= 4 is 5.69 Å². The van der Waals surface area contributed by atoms with Crippen molar-refractivity contribution in [1.82, 2.24) is 9.78 Å². The van der Waals surface area contributed by atoms with E-state index in [2.05, 4.69) is 35.5 Å². The molecule has 2 aromatic rings. The minimum atomic E-state index is 0.218. The Morgan fingerprint density at radius 2 is 2.22 bits per heavy atom. The quantitative estimate of drug-likeness (QED) is 0.880. The summed E-state index contributed by atoms with van der Waals surface area (Å²) in [5.41, 5.74) is 3.42. The zero-order chi connectivity index (χ0) is 13.0. The standard InChI is InChI=1S/C14H19N3O/c1-11(14-7-8-15-17(14)2)16-13-6-4-5-12(9-13)10-18-3/h4-9,11,16H,10H2,1-3H3. The molecule has 1 aromatic heterocycles. The molecule has 4 nitrogen and oxygen atoms in total. The van der Waals surface area contributed by atoms with Crippen LogP contribution in [-0.2, 0) is 18.4 Å². The molecule has 0 bridgehead atoms. The zero-order valence-electron chi connectivity index (χ0n) is 11.1. The second-order valence-corrected chi connectivity index (χ2v) is 4.38. The summed E-state index contributed by atoms with van der Waals surface area (Å²) in [5, 5.41) is 7.65. The Bertz CT molecular complexity index is 507. The topological polar surface area (TPSA) is 39.1 Å². The van der Waals surface area contributed by atoms with Crippen LogP contribution in [0.15, 0.2) is 36.5 Å². The van der Waals surface area contributed by atoms with E-state index in [-0.39, 0.29) is 6.04 Å². The highest BCUT2D eigenvalue weighted by atomic mass is 16.5. The van der Waals surface area contributed by atoms with E-state index in [1.165, 1.54) is 5.56 Å². The van der Waals surface area contributed by atoms with Crippen molar-refractivity contribution in [3.8, 4) is 0 Å². The van der Waals surface area contributed by atoms with Crippen molar-refractivity contribution in [3.63, 3.8) is 0 Å². The summed E-state index contributed by atoms with van der Waals surface area (Å²) in [4.78, 5) is 0. The van der Waals surface area contributed by atoms with E-state index < -0.39 is 0 Å². The summed E-state index contributed by atoms with van der Waals surface area (Å²) < 4.78 is 7.02. The predicted octanol–water partition coefficient (Wildman–Crippen LogP) is 2.74. The van der Waals surface area contributed by atoms with Gasteiger partial charge in [0.25, 0.3) is 0 Å². The van der Waals surface area contributed by atoms with Gasteiger partial charge in [-0.15, -0.1) is 0 Å². The Hall–Kier alpha value is -1.81. The molecule has 18 heavy (non-hydrogen) atoms. The Morgan fingerprint density at radius 1 is 1.39 bits per heavy atom. The van der Waals surface area contributed by atoms with Crippen LogP contribution >= 0.6 is 0 Å². The first kappa shape index (κ1) is 12.6. The summed E-state index contributed by atoms with van der Waals surface area (Å²) >= 11 is 0. The summed E-state index contributed by atoms with van der Waals surface area (Å²) in [6.07, 6.45) is 1.81. The molecule has 1 unspecified atom stereocenters. The molecule has 4 heteroatoms. The van der Waals surface area contributed by atoms with Gasteiger partial charge in [-0.3, -0.25) is 4.68 Å². The average Bonchev–Trinajstić information content (AvgIpc) is 2.76. The molecule has 0 aliphatic heterocycles. The van der Waals surface area contributed by atoms with Crippen molar-refractivity contribution in [2.24, 2.45) is 7.05 Å². The van der Waals surface area contributed by atoms with Crippen LogP contribution in [0.5, 0.6) is 0 Å². The largest absolute Gasteiger partial charge is 0.380 e. The number of methoxy groups -OCH3 is 1. The van der Waals surface area contributed by atoms with Gasteiger partial charge in [0, 0.05) is 26.0 Å². The smallest absolute Gasteiger partial charge is 0.0713 e. The van der Waals surface area contributed by atoms with Crippen molar-refractivity contribution in [1.29, 1.82) is 0 Å². The van der Waals surface area contributed by atoms with Gasteiger partial charge in [0.05, 0.1) is 18.3 Å². The number of rotatable bonds is 5. The normalized spacial score (nSPS) is 12.4. The third-order valence-electron chi connectivity index (χ3n) is 2.92. The molecule has 1 aromatic carbocycles. The van der Waals surface area contributed by atoms with Crippen LogP contribution in [0.25, 0.3) is 0 Å². The first-order chi connectivity index (χ1) is 8.70. The first-order valence-electron chi connectivity index (χ1n) is 6.03. The zero-order valence-corrected chi connectivity index (χ0v) is 11.1. The van der Waals surface area contributed by atoms with E-state index in [0.717, 1.165) is 11.4 Å². The second kappa shape index (κ2) is 5.69.